The van der Waals surface area contributed by atoms with E-state index in [1.54, 1.807) is 0 Å². The van der Waals surface area contributed by atoms with Gasteiger partial charge in [-0.15, -0.1) is 0 Å². The van der Waals surface area contributed by atoms with Crippen molar-refractivity contribution in [1.29, 1.82) is 0 Å². The molecule has 1 atom stereocenters. The van der Waals surface area contributed by atoms with Gasteiger partial charge >= 0.3 is 0 Å². The highest BCUT2D eigenvalue weighted by Crippen LogP contribution is 2.28. The molecule has 4 nitrogen and oxygen atoms in total. The normalized spacial score (nSPS) is 20.7. The second-order valence-corrected chi connectivity index (χ2v) is 6.73. The number of aromatic nitrogens is 4. The van der Waals surface area contributed by atoms with Gasteiger partial charge < -0.3 is 9.55 Å². The Morgan fingerprint density at radius 1 is 1.50 bits per heavy atom. The summed E-state index contributed by atoms with van der Waals surface area (Å²) in [4.78, 5) is 3.29. The van der Waals surface area contributed by atoms with Crippen molar-refractivity contribution in [3.63, 3.8) is 0 Å². The monoisotopic (exact) mass is 282 g/mol. The Labute approximate surface area is 116 Å². The fourth-order valence-corrected chi connectivity index (χ4v) is 4.25. The molecule has 98 valence electrons. The van der Waals surface area contributed by atoms with E-state index in [1.807, 2.05) is 18.7 Å². The molecule has 1 aliphatic heterocycles. The maximum absolute atomic E-state index is 5.45. The summed E-state index contributed by atoms with van der Waals surface area (Å²) in [5, 5.41) is 5.15. The Bertz CT molecular complexity index is 616. The van der Waals surface area contributed by atoms with Crippen molar-refractivity contribution in [2.75, 3.05) is 5.75 Å². The fourth-order valence-electron chi connectivity index (χ4n) is 2.70. The first-order chi connectivity index (χ1) is 8.66. The summed E-state index contributed by atoms with van der Waals surface area (Å²) in [6, 6.07) is 0. The zero-order chi connectivity index (χ0) is 12.7. The van der Waals surface area contributed by atoms with Crippen LogP contribution in [0.3, 0.4) is 0 Å². The predicted molar refractivity (Wildman–Crippen MR) is 78.7 cm³/mol. The number of hydrogen-bond donors (Lipinski definition) is 1. The van der Waals surface area contributed by atoms with Crippen molar-refractivity contribution in [3.05, 3.63) is 10.5 Å². The van der Waals surface area contributed by atoms with Crippen LogP contribution in [-0.2, 0) is 13.6 Å². The third kappa shape index (κ3) is 2.01. The lowest BCUT2D eigenvalue weighted by Crippen LogP contribution is -2.18. The minimum absolute atomic E-state index is 0.694. The minimum atomic E-state index is 0.694. The van der Waals surface area contributed by atoms with E-state index in [2.05, 4.69) is 26.4 Å². The number of H-pyrrole nitrogens is 1. The zero-order valence-corrected chi connectivity index (χ0v) is 12.4. The number of hydrogen-bond acceptors (Lipinski definition) is 3. The smallest absolute Gasteiger partial charge is 0.179 e. The van der Waals surface area contributed by atoms with E-state index in [9.17, 15) is 0 Å². The van der Waals surface area contributed by atoms with Crippen LogP contribution < -0.4 is 0 Å². The second kappa shape index (κ2) is 4.74. The molecule has 6 heteroatoms. The molecule has 1 N–H and O–H groups in total. The third-order valence-electron chi connectivity index (χ3n) is 3.58. The number of imidazole rings is 1. The van der Waals surface area contributed by atoms with E-state index >= 15 is 0 Å². The molecule has 0 aliphatic carbocycles. The first kappa shape index (κ1) is 12.3. The summed E-state index contributed by atoms with van der Waals surface area (Å²) in [7, 11) is 1.99. The van der Waals surface area contributed by atoms with Gasteiger partial charge in [0.15, 0.2) is 10.4 Å². The van der Waals surface area contributed by atoms with Crippen molar-refractivity contribution in [1.82, 2.24) is 19.3 Å². The Morgan fingerprint density at radius 3 is 3.06 bits per heavy atom. The SMILES string of the molecule is Cc1nn(C)c2c1[nH]c(=S)n2CC1CCCCS1. The summed E-state index contributed by atoms with van der Waals surface area (Å²) in [5.74, 6) is 1.29. The van der Waals surface area contributed by atoms with Gasteiger partial charge in [0.05, 0.1) is 5.69 Å². The molecule has 0 amide bonds. The van der Waals surface area contributed by atoms with Crippen molar-refractivity contribution in [2.45, 2.75) is 38.0 Å². The largest absolute Gasteiger partial charge is 0.328 e. The molecule has 0 spiro atoms. The molecule has 18 heavy (non-hydrogen) atoms. The number of aromatic amines is 1. The first-order valence-corrected chi connectivity index (χ1v) is 7.86. The molecule has 1 saturated heterocycles. The van der Waals surface area contributed by atoms with E-state index in [-0.39, 0.29) is 0 Å². The molecule has 1 aliphatic rings. The lowest BCUT2D eigenvalue weighted by atomic mass is 10.2. The molecule has 3 heterocycles. The first-order valence-electron chi connectivity index (χ1n) is 6.40. The van der Waals surface area contributed by atoms with Gasteiger partial charge in [0, 0.05) is 18.8 Å². The van der Waals surface area contributed by atoms with Crippen LogP contribution in [0.15, 0.2) is 0 Å². The standard InChI is InChI=1S/C12H18N4S2/c1-8-10-11(15(2)14-8)16(12(17)13-10)7-9-5-3-4-6-18-9/h9H,3-7H2,1-2H3,(H,13,17). The van der Waals surface area contributed by atoms with Crippen molar-refractivity contribution >= 4 is 35.1 Å². The maximum Gasteiger partial charge on any atom is 0.179 e. The van der Waals surface area contributed by atoms with Gasteiger partial charge in [-0.3, -0.25) is 4.68 Å². The lowest BCUT2D eigenvalue weighted by Gasteiger charge is -2.21. The number of fused-ring (bicyclic) bond motifs is 1. The highest BCUT2D eigenvalue weighted by Gasteiger charge is 2.18. The molecule has 2 aromatic heterocycles. The van der Waals surface area contributed by atoms with E-state index in [0.29, 0.717) is 5.25 Å². The number of aryl methyl sites for hydroxylation is 2. The van der Waals surface area contributed by atoms with Crippen molar-refractivity contribution in [3.8, 4) is 0 Å². The molecule has 0 aromatic carbocycles. The summed E-state index contributed by atoms with van der Waals surface area (Å²) < 4.78 is 4.98. The number of thioether (sulfide) groups is 1. The van der Waals surface area contributed by atoms with Crippen LogP contribution >= 0.6 is 24.0 Å². The average molecular weight is 282 g/mol. The highest BCUT2D eigenvalue weighted by atomic mass is 32.2. The topological polar surface area (TPSA) is 38.5 Å². The van der Waals surface area contributed by atoms with E-state index in [0.717, 1.165) is 28.2 Å². The van der Waals surface area contributed by atoms with Crippen molar-refractivity contribution in [2.24, 2.45) is 7.05 Å². The highest BCUT2D eigenvalue weighted by molar-refractivity contribution is 7.99. The van der Waals surface area contributed by atoms with Crippen molar-refractivity contribution < 1.29 is 0 Å². The van der Waals surface area contributed by atoms with Crippen LogP contribution in [0.25, 0.3) is 11.2 Å². The Hall–Kier alpha value is -0.750. The number of rotatable bonds is 2. The quantitative estimate of drug-likeness (QED) is 0.861. The van der Waals surface area contributed by atoms with Crippen LogP contribution in [-0.4, -0.2) is 30.3 Å². The van der Waals surface area contributed by atoms with Gasteiger partial charge in [-0.2, -0.15) is 16.9 Å². The predicted octanol–water partition coefficient (Wildman–Crippen LogP) is 3.03. The van der Waals surface area contributed by atoms with Crippen LogP contribution in [0.1, 0.15) is 25.0 Å². The van der Waals surface area contributed by atoms with E-state index in [4.69, 9.17) is 12.2 Å². The summed E-state index contributed by atoms with van der Waals surface area (Å²) in [5.41, 5.74) is 3.24. The Morgan fingerprint density at radius 2 is 2.33 bits per heavy atom. The summed E-state index contributed by atoms with van der Waals surface area (Å²) in [6.45, 7) is 3.02. The minimum Gasteiger partial charge on any atom is -0.328 e. The molecule has 1 unspecified atom stereocenters. The Kier molecular flexibility index (Phi) is 3.23. The van der Waals surface area contributed by atoms with Gasteiger partial charge in [0.25, 0.3) is 0 Å². The van der Waals surface area contributed by atoms with Crippen LogP contribution in [0.5, 0.6) is 0 Å². The summed E-state index contributed by atoms with van der Waals surface area (Å²) >= 11 is 7.53. The third-order valence-corrected chi connectivity index (χ3v) is 5.29. The molecule has 0 radical (unpaired) electrons. The van der Waals surface area contributed by atoms with Gasteiger partial charge in [-0.05, 0) is 37.7 Å². The van der Waals surface area contributed by atoms with Crippen LogP contribution in [0.4, 0.5) is 0 Å². The molecular formula is C12H18N4S2. The van der Waals surface area contributed by atoms with Gasteiger partial charge in [0.2, 0.25) is 0 Å². The van der Waals surface area contributed by atoms with Crippen LogP contribution in [0, 0.1) is 11.7 Å². The molecule has 2 aromatic rings. The molecular weight excluding hydrogens is 264 g/mol. The maximum atomic E-state index is 5.45. The van der Waals surface area contributed by atoms with Gasteiger partial charge in [-0.25, -0.2) is 0 Å². The molecule has 1 fully saturated rings. The summed E-state index contributed by atoms with van der Waals surface area (Å²) in [6.07, 6.45) is 4.01. The van der Waals surface area contributed by atoms with Crippen LogP contribution in [0.2, 0.25) is 0 Å². The fraction of sp³-hybridized carbons (Fsp3) is 0.667. The Balaban J connectivity index is 2.00. The molecule has 0 bridgehead atoms. The number of nitrogens with one attached hydrogen (secondary N) is 1. The second-order valence-electron chi connectivity index (χ2n) is 4.94. The number of nitrogens with zero attached hydrogens (tertiary/aromatic N) is 3. The van der Waals surface area contributed by atoms with E-state index in [1.165, 1.54) is 25.0 Å². The molecule has 3 rings (SSSR count). The lowest BCUT2D eigenvalue weighted by molar-refractivity contribution is 0.577. The average Bonchev–Trinajstić information content (AvgIpc) is 2.81. The van der Waals surface area contributed by atoms with Gasteiger partial charge in [-0.1, -0.05) is 6.42 Å². The molecule has 0 saturated carbocycles. The zero-order valence-electron chi connectivity index (χ0n) is 10.8. The van der Waals surface area contributed by atoms with Gasteiger partial charge in [0.1, 0.15) is 5.52 Å². The van der Waals surface area contributed by atoms with E-state index < -0.39 is 0 Å².